The fourth-order valence-electron chi connectivity index (χ4n) is 4.01. The normalized spacial score (nSPS) is 16.8. The minimum Gasteiger partial charge on any atom is -0.466 e. The third kappa shape index (κ3) is 6.71. The largest absolute Gasteiger partial charge is 0.466 e. The maximum absolute atomic E-state index is 13.4. The van der Waals surface area contributed by atoms with E-state index < -0.39 is 29.8 Å². The number of carbonyl (C=O) groups is 2. The highest BCUT2D eigenvalue weighted by atomic mass is 35.5. The minimum atomic E-state index is -2.42. The first-order valence-electron chi connectivity index (χ1n) is 12.4. The van der Waals surface area contributed by atoms with Gasteiger partial charge in [-0.1, -0.05) is 42.5 Å². The molecule has 1 unspecified atom stereocenters. The maximum Gasteiger partial charge on any atom is 0.336 e. The van der Waals surface area contributed by atoms with Crippen molar-refractivity contribution < 1.29 is 28.1 Å². The molecule has 1 atom stereocenters. The van der Waals surface area contributed by atoms with Crippen molar-refractivity contribution in [2.45, 2.75) is 26.3 Å². The van der Waals surface area contributed by atoms with Gasteiger partial charge in [-0.2, -0.15) is 0 Å². The summed E-state index contributed by atoms with van der Waals surface area (Å²) < 4.78 is 34.0. The Hall–Kier alpha value is -3.69. The van der Waals surface area contributed by atoms with Gasteiger partial charge < -0.3 is 14.8 Å². The number of esters is 2. The number of allylic oxidation sites excluding steroid dienone is 2. The van der Waals surface area contributed by atoms with Gasteiger partial charge in [0, 0.05) is 40.7 Å². The van der Waals surface area contributed by atoms with Gasteiger partial charge in [-0.3, -0.25) is 15.0 Å². The van der Waals surface area contributed by atoms with Gasteiger partial charge in [-0.25, -0.2) is 9.59 Å². The van der Waals surface area contributed by atoms with Crippen molar-refractivity contribution in [3.8, 4) is 0 Å². The molecule has 0 radical (unpaired) electrons. The Kier molecular flexibility index (Phi) is 8.58. The topological polar surface area (TPSA) is 111 Å². The van der Waals surface area contributed by atoms with Crippen LogP contribution in [0.2, 0.25) is 0 Å². The number of ether oxygens (including phenoxy) is 2. The molecule has 36 heavy (non-hydrogen) atoms. The van der Waals surface area contributed by atoms with Gasteiger partial charge in [0.1, 0.15) is 6.61 Å². The van der Waals surface area contributed by atoms with Crippen LogP contribution in [-0.2, 0) is 25.6 Å². The average Bonchev–Trinajstić information content (AvgIpc) is 2.87. The summed E-state index contributed by atoms with van der Waals surface area (Å²) in [6.45, 7) is 0.661. The standard InChI is InChI=1S/C26H29N3O6.ClH/c1-17-22(25(30)34-4)24(20-11-8-12-21(15-20)29(32)33)23(18(2)27-17)26(31)35-14-13-28(3)16-19-9-6-5-7-10-19;/h5-12,15,24,27H,13-14,16H2,1-4H3;1H/i3D3;. The highest BCUT2D eigenvalue weighted by Crippen LogP contribution is 2.40. The second kappa shape index (κ2) is 12.9. The van der Waals surface area contributed by atoms with Crippen molar-refractivity contribution in [1.29, 1.82) is 0 Å². The Labute approximate surface area is 220 Å². The Morgan fingerprint density at radius 1 is 1.08 bits per heavy atom. The van der Waals surface area contributed by atoms with Crippen LogP contribution >= 0.6 is 12.4 Å². The number of halogens is 1. The molecule has 9 nitrogen and oxygen atoms in total. The van der Waals surface area contributed by atoms with E-state index in [-0.39, 0.29) is 48.9 Å². The summed E-state index contributed by atoms with van der Waals surface area (Å²) in [5.41, 5.74) is 1.92. The molecule has 0 amide bonds. The van der Waals surface area contributed by atoms with E-state index in [0.29, 0.717) is 17.0 Å². The lowest BCUT2D eigenvalue weighted by molar-refractivity contribution is -0.384. The SMILES string of the molecule is Cl.[2H]C([2H])([2H])N(CCOC(=O)C1=C(C)NC(C)=C(C(=O)OC)C1c1cccc([N+](=O)[O-])c1)Cc1ccccc1. The summed E-state index contributed by atoms with van der Waals surface area (Å²) >= 11 is 0. The Morgan fingerprint density at radius 2 is 1.75 bits per heavy atom. The molecule has 1 heterocycles. The van der Waals surface area contributed by atoms with Crippen molar-refractivity contribution >= 4 is 30.0 Å². The second-order valence-electron chi connectivity index (χ2n) is 8.02. The molecule has 0 spiro atoms. The van der Waals surface area contributed by atoms with Crippen LogP contribution in [0.1, 0.15) is 35.0 Å². The van der Waals surface area contributed by atoms with Crippen molar-refractivity contribution in [1.82, 2.24) is 10.2 Å². The van der Waals surface area contributed by atoms with Crippen LogP contribution in [0.25, 0.3) is 0 Å². The molecule has 0 aromatic heterocycles. The predicted molar refractivity (Wildman–Crippen MR) is 137 cm³/mol. The quantitative estimate of drug-likeness (QED) is 0.300. The Morgan fingerprint density at radius 3 is 2.36 bits per heavy atom. The van der Waals surface area contributed by atoms with Gasteiger partial charge in [-0.15, -0.1) is 12.4 Å². The van der Waals surface area contributed by atoms with Crippen molar-refractivity contribution in [2.24, 2.45) is 0 Å². The molecule has 3 rings (SSSR count). The van der Waals surface area contributed by atoms with Gasteiger partial charge >= 0.3 is 11.9 Å². The van der Waals surface area contributed by atoms with Crippen LogP contribution in [0.3, 0.4) is 0 Å². The fourth-order valence-corrected chi connectivity index (χ4v) is 4.01. The monoisotopic (exact) mass is 518 g/mol. The van der Waals surface area contributed by atoms with E-state index >= 15 is 0 Å². The number of nitrogens with one attached hydrogen (secondary N) is 1. The lowest BCUT2D eigenvalue weighted by Crippen LogP contribution is -2.33. The molecule has 1 aliphatic rings. The smallest absolute Gasteiger partial charge is 0.336 e. The van der Waals surface area contributed by atoms with Crippen molar-refractivity contribution in [2.75, 3.05) is 27.2 Å². The zero-order valence-corrected chi connectivity index (χ0v) is 21.0. The van der Waals surface area contributed by atoms with Crippen molar-refractivity contribution in [3.63, 3.8) is 0 Å². The average molecular weight is 519 g/mol. The van der Waals surface area contributed by atoms with Crippen LogP contribution in [0.15, 0.2) is 77.1 Å². The van der Waals surface area contributed by atoms with E-state index in [9.17, 15) is 19.7 Å². The predicted octanol–water partition coefficient (Wildman–Crippen LogP) is 4.10. The summed E-state index contributed by atoms with van der Waals surface area (Å²) in [5, 5.41) is 14.4. The van der Waals surface area contributed by atoms with Gasteiger partial charge in [0.25, 0.3) is 5.69 Å². The molecular formula is C26H30ClN3O6. The van der Waals surface area contributed by atoms with Crippen LogP contribution in [-0.4, -0.2) is 49.0 Å². The number of likely N-dealkylation sites (N-methyl/N-ethyl adjacent to an activating group) is 1. The summed E-state index contributed by atoms with van der Waals surface area (Å²) in [7, 11) is 1.20. The van der Waals surface area contributed by atoms with Gasteiger partial charge in [-0.05, 0) is 32.0 Å². The molecule has 0 fully saturated rings. The molecule has 1 N–H and O–H groups in total. The summed E-state index contributed by atoms with van der Waals surface area (Å²) in [6.07, 6.45) is 0. The number of carbonyl (C=O) groups excluding carboxylic acids is 2. The molecular weight excluding hydrogens is 486 g/mol. The first-order valence-corrected chi connectivity index (χ1v) is 10.9. The van der Waals surface area contributed by atoms with E-state index in [1.54, 1.807) is 44.2 Å². The molecule has 0 saturated carbocycles. The summed E-state index contributed by atoms with van der Waals surface area (Å²) in [6, 6.07) is 14.7. The van der Waals surface area contributed by atoms with Crippen LogP contribution < -0.4 is 5.32 Å². The van der Waals surface area contributed by atoms with Crippen LogP contribution in [0.4, 0.5) is 5.69 Å². The number of non-ortho nitro benzene ring substituents is 1. The second-order valence-corrected chi connectivity index (χ2v) is 8.02. The molecule has 0 bridgehead atoms. The number of benzene rings is 2. The maximum atomic E-state index is 13.4. The summed E-state index contributed by atoms with van der Waals surface area (Å²) in [5.74, 6) is -2.49. The Balaban J connectivity index is 0.00000533. The number of nitro groups is 1. The lowest BCUT2D eigenvalue weighted by Gasteiger charge is -2.30. The van der Waals surface area contributed by atoms with E-state index in [1.807, 2.05) is 6.07 Å². The third-order valence-electron chi connectivity index (χ3n) is 5.61. The third-order valence-corrected chi connectivity index (χ3v) is 5.61. The first kappa shape index (κ1) is 24.0. The highest BCUT2D eigenvalue weighted by molar-refractivity contribution is 5.99. The number of hydrogen-bond donors (Lipinski definition) is 1. The van der Waals surface area contributed by atoms with E-state index in [1.165, 1.54) is 30.2 Å². The first-order chi connectivity index (χ1) is 17.9. The number of dihydropyridines is 1. The minimum absolute atomic E-state index is 0. The lowest BCUT2D eigenvalue weighted by atomic mass is 9.80. The number of rotatable bonds is 9. The molecule has 1 aliphatic heterocycles. The van der Waals surface area contributed by atoms with Gasteiger partial charge in [0.2, 0.25) is 0 Å². The molecule has 2 aromatic carbocycles. The molecule has 0 aliphatic carbocycles. The number of hydrogen-bond acceptors (Lipinski definition) is 8. The molecule has 0 saturated heterocycles. The van der Waals surface area contributed by atoms with Gasteiger partial charge in [0.05, 0.1) is 29.1 Å². The van der Waals surface area contributed by atoms with Crippen LogP contribution in [0, 0.1) is 10.1 Å². The molecule has 2 aromatic rings. The highest BCUT2D eigenvalue weighted by Gasteiger charge is 2.38. The van der Waals surface area contributed by atoms with E-state index in [0.717, 1.165) is 5.56 Å². The number of nitro benzene ring substituents is 1. The van der Waals surface area contributed by atoms with E-state index in [4.69, 9.17) is 13.6 Å². The number of nitrogens with zero attached hydrogens (tertiary/aromatic N) is 2. The van der Waals surface area contributed by atoms with E-state index in [2.05, 4.69) is 5.32 Å². The molecule has 10 heteroatoms. The molecule has 192 valence electrons. The zero-order chi connectivity index (χ0) is 28.0. The van der Waals surface area contributed by atoms with Crippen molar-refractivity contribution in [3.05, 3.63) is 98.4 Å². The number of methoxy groups -OCH3 is 1. The fraction of sp³-hybridized carbons (Fsp3) is 0.308. The van der Waals surface area contributed by atoms with Gasteiger partial charge in [0.15, 0.2) is 0 Å². The Bertz CT molecular complexity index is 1280. The van der Waals surface area contributed by atoms with Crippen LogP contribution in [0.5, 0.6) is 0 Å². The summed E-state index contributed by atoms with van der Waals surface area (Å²) in [4.78, 5) is 38.2. The zero-order valence-electron chi connectivity index (χ0n) is 23.1.